The van der Waals surface area contributed by atoms with Crippen LogP contribution < -0.4 is 10.2 Å². The highest BCUT2D eigenvalue weighted by atomic mass is 16.5. The van der Waals surface area contributed by atoms with Crippen molar-refractivity contribution in [3.05, 3.63) is 5.89 Å². The molecular weight excluding hydrogens is 204 g/mol. The zero-order valence-electron chi connectivity index (χ0n) is 10.1. The van der Waals surface area contributed by atoms with Crippen LogP contribution in [0.3, 0.4) is 0 Å². The number of nitrogens with one attached hydrogen (secondary N) is 1. The van der Waals surface area contributed by atoms with Crippen molar-refractivity contribution in [2.45, 2.75) is 32.6 Å². The van der Waals surface area contributed by atoms with E-state index >= 15 is 0 Å². The summed E-state index contributed by atoms with van der Waals surface area (Å²) in [6, 6.07) is 0. The van der Waals surface area contributed by atoms with Crippen molar-refractivity contribution in [2.75, 3.05) is 31.1 Å². The summed E-state index contributed by atoms with van der Waals surface area (Å²) in [5, 5.41) is 7.32. The van der Waals surface area contributed by atoms with Gasteiger partial charge in [-0.05, 0) is 24.5 Å². The number of likely N-dealkylation sites (N-methyl/N-ethyl adjacent to an activating group) is 1. The van der Waals surface area contributed by atoms with Gasteiger partial charge in [-0.1, -0.05) is 13.8 Å². The lowest BCUT2D eigenvalue weighted by Gasteiger charge is -2.10. The maximum Gasteiger partial charge on any atom is 0.266 e. The number of anilines is 1. The second kappa shape index (κ2) is 5.30. The summed E-state index contributed by atoms with van der Waals surface area (Å²) >= 11 is 0. The van der Waals surface area contributed by atoms with Crippen molar-refractivity contribution in [3.63, 3.8) is 0 Å². The van der Waals surface area contributed by atoms with Crippen LogP contribution in [0.2, 0.25) is 0 Å². The van der Waals surface area contributed by atoms with Gasteiger partial charge in [-0.25, -0.2) is 0 Å². The van der Waals surface area contributed by atoms with Crippen molar-refractivity contribution < 1.29 is 4.52 Å². The van der Waals surface area contributed by atoms with E-state index in [1.165, 1.54) is 12.8 Å². The van der Waals surface area contributed by atoms with Gasteiger partial charge in [0.2, 0.25) is 5.89 Å². The standard InChI is InChI=1S/C11H20N4O/c1-3-12-8-9(2)10-13-11(14-16-10)15-6-4-5-7-15/h9,12H,3-8H2,1-2H3. The molecule has 0 spiro atoms. The molecular formula is C11H20N4O. The van der Waals surface area contributed by atoms with Crippen molar-refractivity contribution in [3.8, 4) is 0 Å². The van der Waals surface area contributed by atoms with Crippen LogP contribution in [0.4, 0.5) is 5.95 Å². The molecule has 16 heavy (non-hydrogen) atoms. The molecule has 5 nitrogen and oxygen atoms in total. The number of rotatable bonds is 5. The molecule has 1 saturated heterocycles. The van der Waals surface area contributed by atoms with Gasteiger partial charge in [-0.2, -0.15) is 4.98 Å². The van der Waals surface area contributed by atoms with E-state index in [1.54, 1.807) is 0 Å². The fourth-order valence-electron chi connectivity index (χ4n) is 1.92. The van der Waals surface area contributed by atoms with Crippen LogP contribution in [-0.4, -0.2) is 36.3 Å². The van der Waals surface area contributed by atoms with E-state index in [4.69, 9.17) is 4.52 Å². The Morgan fingerprint density at radius 1 is 1.44 bits per heavy atom. The van der Waals surface area contributed by atoms with E-state index in [0.29, 0.717) is 0 Å². The van der Waals surface area contributed by atoms with Crippen LogP contribution in [0.1, 0.15) is 38.5 Å². The molecule has 1 aliphatic rings. The van der Waals surface area contributed by atoms with Crippen LogP contribution in [0.25, 0.3) is 0 Å². The molecule has 2 rings (SSSR count). The van der Waals surface area contributed by atoms with Crippen LogP contribution >= 0.6 is 0 Å². The van der Waals surface area contributed by atoms with E-state index in [-0.39, 0.29) is 5.92 Å². The number of aromatic nitrogens is 2. The molecule has 1 fully saturated rings. The lowest BCUT2D eigenvalue weighted by atomic mass is 10.2. The third kappa shape index (κ3) is 2.52. The Balaban J connectivity index is 1.95. The second-order valence-electron chi connectivity index (χ2n) is 4.34. The third-order valence-electron chi connectivity index (χ3n) is 2.94. The second-order valence-corrected chi connectivity index (χ2v) is 4.34. The molecule has 0 saturated carbocycles. The first kappa shape index (κ1) is 11.4. The van der Waals surface area contributed by atoms with Gasteiger partial charge < -0.3 is 14.7 Å². The Kier molecular flexibility index (Phi) is 3.77. The molecule has 0 amide bonds. The van der Waals surface area contributed by atoms with Gasteiger partial charge in [0.05, 0.1) is 0 Å². The Labute approximate surface area is 96.2 Å². The monoisotopic (exact) mass is 224 g/mol. The van der Waals surface area contributed by atoms with Crippen molar-refractivity contribution in [1.82, 2.24) is 15.5 Å². The van der Waals surface area contributed by atoms with E-state index in [0.717, 1.165) is 38.0 Å². The minimum atomic E-state index is 0.281. The molecule has 1 unspecified atom stereocenters. The highest BCUT2D eigenvalue weighted by Gasteiger charge is 2.20. The van der Waals surface area contributed by atoms with E-state index in [1.807, 2.05) is 0 Å². The summed E-state index contributed by atoms with van der Waals surface area (Å²) in [4.78, 5) is 6.64. The molecule has 0 aromatic carbocycles. The van der Waals surface area contributed by atoms with Crippen LogP contribution in [0, 0.1) is 0 Å². The highest BCUT2D eigenvalue weighted by Crippen LogP contribution is 2.19. The summed E-state index contributed by atoms with van der Waals surface area (Å²) in [6.07, 6.45) is 2.47. The smallest absolute Gasteiger partial charge is 0.266 e. The molecule has 0 aliphatic carbocycles. The molecule has 1 aliphatic heterocycles. The predicted molar refractivity (Wildman–Crippen MR) is 62.7 cm³/mol. The van der Waals surface area contributed by atoms with Gasteiger partial charge in [0, 0.05) is 25.6 Å². The highest BCUT2D eigenvalue weighted by molar-refractivity contribution is 5.29. The summed E-state index contributed by atoms with van der Waals surface area (Å²) in [7, 11) is 0. The Bertz CT molecular complexity index is 320. The summed E-state index contributed by atoms with van der Waals surface area (Å²) in [5.74, 6) is 1.78. The van der Waals surface area contributed by atoms with Crippen LogP contribution in [0.15, 0.2) is 4.52 Å². The largest absolute Gasteiger partial charge is 0.338 e. The first-order valence-corrected chi connectivity index (χ1v) is 6.10. The predicted octanol–water partition coefficient (Wildman–Crippen LogP) is 1.38. The topological polar surface area (TPSA) is 54.2 Å². The molecule has 1 atom stereocenters. The summed E-state index contributed by atoms with van der Waals surface area (Å²) in [5.41, 5.74) is 0. The van der Waals surface area contributed by atoms with Gasteiger partial charge in [0.25, 0.3) is 5.95 Å². The Morgan fingerprint density at radius 3 is 2.88 bits per heavy atom. The maximum atomic E-state index is 5.29. The van der Waals surface area contributed by atoms with Crippen LogP contribution in [-0.2, 0) is 0 Å². The fraction of sp³-hybridized carbons (Fsp3) is 0.818. The van der Waals surface area contributed by atoms with Crippen molar-refractivity contribution >= 4 is 5.95 Å². The first-order chi connectivity index (χ1) is 7.81. The van der Waals surface area contributed by atoms with Gasteiger partial charge in [-0.3, -0.25) is 0 Å². The average Bonchev–Trinajstić information content (AvgIpc) is 2.94. The molecule has 0 radical (unpaired) electrons. The SMILES string of the molecule is CCNCC(C)c1nc(N2CCCC2)no1. The number of hydrogen-bond acceptors (Lipinski definition) is 5. The first-order valence-electron chi connectivity index (χ1n) is 6.10. The molecule has 2 heterocycles. The minimum Gasteiger partial charge on any atom is -0.338 e. The number of nitrogens with zero attached hydrogens (tertiary/aromatic N) is 3. The average molecular weight is 224 g/mol. The maximum absolute atomic E-state index is 5.29. The molecule has 90 valence electrons. The van der Waals surface area contributed by atoms with E-state index in [2.05, 4.69) is 34.2 Å². The molecule has 0 bridgehead atoms. The zero-order valence-corrected chi connectivity index (χ0v) is 10.1. The molecule has 1 N–H and O–H groups in total. The summed E-state index contributed by atoms with van der Waals surface area (Å²) < 4.78 is 5.29. The zero-order chi connectivity index (χ0) is 11.4. The Hall–Kier alpha value is -1.10. The molecule has 1 aromatic heterocycles. The fourth-order valence-corrected chi connectivity index (χ4v) is 1.92. The quantitative estimate of drug-likeness (QED) is 0.819. The lowest BCUT2D eigenvalue weighted by Crippen LogP contribution is -2.20. The van der Waals surface area contributed by atoms with Gasteiger partial charge in [-0.15, -0.1) is 0 Å². The van der Waals surface area contributed by atoms with Crippen molar-refractivity contribution in [2.24, 2.45) is 0 Å². The van der Waals surface area contributed by atoms with Gasteiger partial charge >= 0.3 is 0 Å². The molecule has 5 heteroatoms. The Morgan fingerprint density at radius 2 is 2.19 bits per heavy atom. The van der Waals surface area contributed by atoms with Gasteiger partial charge in [0.1, 0.15) is 0 Å². The number of hydrogen-bond donors (Lipinski definition) is 1. The summed E-state index contributed by atoms with van der Waals surface area (Å²) in [6.45, 7) is 8.16. The third-order valence-corrected chi connectivity index (χ3v) is 2.94. The lowest BCUT2D eigenvalue weighted by molar-refractivity contribution is 0.355. The normalized spacial score (nSPS) is 18.0. The van der Waals surface area contributed by atoms with Gasteiger partial charge in [0.15, 0.2) is 0 Å². The van der Waals surface area contributed by atoms with E-state index < -0.39 is 0 Å². The van der Waals surface area contributed by atoms with Crippen LogP contribution in [0.5, 0.6) is 0 Å². The van der Waals surface area contributed by atoms with Crippen molar-refractivity contribution in [1.29, 1.82) is 0 Å². The minimum absolute atomic E-state index is 0.281. The van der Waals surface area contributed by atoms with E-state index in [9.17, 15) is 0 Å². The molecule has 1 aromatic rings.